The van der Waals surface area contributed by atoms with Gasteiger partial charge in [-0.15, -0.1) is 0 Å². The van der Waals surface area contributed by atoms with E-state index in [2.05, 4.69) is 12.7 Å². The van der Waals surface area contributed by atoms with E-state index in [0.29, 0.717) is 0 Å². The molecule has 0 aromatic heterocycles. The third kappa shape index (κ3) is 4.61. The molecule has 0 N–H and O–H groups in total. The van der Waals surface area contributed by atoms with Gasteiger partial charge in [0.2, 0.25) is 3.79 Å². The highest BCUT2D eigenvalue weighted by Crippen LogP contribution is 2.25. The Morgan fingerprint density at radius 3 is 1.50 bits per heavy atom. The quantitative estimate of drug-likeness (QED) is 0.458. The first-order valence-corrected chi connectivity index (χ1v) is 2.30. The minimum absolute atomic E-state index is 1.40. The lowest BCUT2D eigenvalue weighted by Gasteiger charge is -1.96. The van der Waals surface area contributed by atoms with Crippen LogP contribution < -0.4 is 0 Å². The van der Waals surface area contributed by atoms with Gasteiger partial charge in [0, 0.05) is 6.08 Å². The summed E-state index contributed by atoms with van der Waals surface area (Å²) in [5.41, 5.74) is 0. The monoisotopic (exact) mass is 143 g/mol. The molecule has 0 aromatic carbocycles. The van der Waals surface area contributed by atoms with E-state index in [1.165, 1.54) is 0 Å². The molecule has 3 heteroatoms. The molecule has 0 unspecified atom stereocenters. The average molecular weight is 144 g/mol. The average Bonchev–Trinajstić information content (AvgIpc) is 1.35. The molecule has 0 bridgehead atoms. The van der Waals surface area contributed by atoms with Crippen LogP contribution in [0.1, 0.15) is 0 Å². The van der Waals surface area contributed by atoms with E-state index in [1.807, 2.05) is 0 Å². The van der Waals surface area contributed by atoms with Crippen molar-refractivity contribution in [2.75, 3.05) is 0 Å². The molecule has 0 saturated heterocycles. The SMILES string of the molecule is C=[C]C(Cl)(Cl)Cl. The van der Waals surface area contributed by atoms with Crippen molar-refractivity contribution < 1.29 is 0 Å². The first kappa shape index (κ1) is 6.61. The van der Waals surface area contributed by atoms with E-state index in [-0.39, 0.29) is 0 Å². The molecular weight excluding hydrogens is 142 g/mol. The molecule has 35 valence electrons. The van der Waals surface area contributed by atoms with Gasteiger partial charge in [0.25, 0.3) is 0 Å². The lowest BCUT2D eigenvalue weighted by Crippen LogP contribution is -1.92. The Morgan fingerprint density at radius 2 is 1.50 bits per heavy atom. The second kappa shape index (κ2) is 2.06. The summed E-state index contributed by atoms with van der Waals surface area (Å²) in [5, 5.41) is 0. The predicted octanol–water partition coefficient (Wildman–Crippen LogP) is 2.35. The molecule has 0 nitrogen and oxygen atoms in total. The van der Waals surface area contributed by atoms with Crippen LogP contribution in [0.4, 0.5) is 0 Å². The zero-order valence-electron chi connectivity index (χ0n) is 2.84. The number of allylic oxidation sites excluding steroid dienone is 1. The van der Waals surface area contributed by atoms with Crippen LogP contribution in [0.25, 0.3) is 0 Å². The van der Waals surface area contributed by atoms with Crippen molar-refractivity contribution in [1.29, 1.82) is 0 Å². The molecule has 0 aliphatic rings. The van der Waals surface area contributed by atoms with Crippen molar-refractivity contribution in [3.05, 3.63) is 12.7 Å². The zero-order valence-corrected chi connectivity index (χ0v) is 5.11. The molecule has 0 aromatic rings. The molecule has 0 atom stereocenters. The van der Waals surface area contributed by atoms with Crippen LogP contribution in [-0.2, 0) is 0 Å². The van der Waals surface area contributed by atoms with E-state index < -0.39 is 3.79 Å². The van der Waals surface area contributed by atoms with Crippen LogP contribution in [0.3, 0.4) is 0 Å². The van der Waals surface area contributed by atoms with Gasteiger partial charge in [-0.05, 0) is 0 Å². The highest BCUT2D eigenvalue weighted by atomic mass is 35.6. The van der Waals surface area contributed by atoms with Gasteiger partial charge >= 0.3 is 0 Å². The molecule has 0 spiro atoms. The van der Waals surface area contributed by atoms with Gasteiger partial charge in [-0.3, -0.25) is 0 Å². The van der Waals surface area contributed by atoms with Gasteiger partial charge in [0.05, 0.1) is 0 Å². The number of alkyl halides is 3. The Balaban J connectivity index is 3.45. The first-order valence-electron chi connectivity index (χ1n) is 1.17. The maximum atomic E-state index is 5.07. The Kier molecular flexibility index (Phi) is 2.27. The number of rotatable bonds is 0. The van der Waals surface area contributed by atoms with E-state index in [0.717, 1.165) is 0 Å². The normalized spacial score (nSPS) is 11.2. The third-order valence-electron chi connectivity index (χ3n) is 0.200. The van der Waals surface area contributed by atoms with E-state index >= 15 is 0 Å². The second-order valence-electron chi connectivity index (χ2n) is 0.675. The third-order valence-corrected chi connectivity index (χ3v) is 0.601. The summed E-state index contributed by atoms with van der Waals surface area (Å²) in [6.07, 6.45) is 2.15. The van der Waals surface area contributed by atoms with Gasteiger partial charge in [-0.2, -0.15) is 0 Å². The maximum absolute atomic E-state index is 5.07. The molecule has 0 amide bonds. The highest BCUT2D eigenvalue weighted by molar-refractivity contribution is 6.68. The van der Waals surface area contributed by atoms with Crippen LogP contribution in [0, 0.1) is 6.08 Å². The molecule has 0 rings (SSSR count). The number of hydrogen-bond donors (Lipinski definition) is 0. The standard InChI is InChI=1S/C3H2Cl3/c1-2-3(4,5)6/h1H2. The Labute approximate surface area is 51.7 Å². The number of hydrogen-bond acceptors (Lipinski definition) is 0. The number of halogens is 3. The van der Waals surface area contributed by atoms with E-state index in [1.54, 1.807) is 0 Å². The fraction of sp³-hybridized carbons (Fsp3) is 0.333. The van der Waals surface area contributed by atoms with Crippen molar-refractivity contribution in [3.8, 4) is 0 Å². The van der Waals surface area contributed by atoms with Gasteiger partial charge in [-0.25, -0.2) is 0 Å². The van der Waals surface area contributed by atoms with Crippen molar-refractivity contribution in [1.82, 2.24) is 0 Å². The lowest BCUT2D eigenvalue weighted by molar-refractivity contribution is 1.42. The maximum Gasteiger partial charge on any atom is 0.215 e. The van der Waals surface area contributed by atoms with Gasteiger partial charge in [0.15, 0.2) is 0 Å². The van der Waals surface area contributed by atoms with Crippen molar-refractivity contribution in [2.45, 2.75) is 3.79 Å². The zero-order chi connectivity index (χ0) is 5.21. The van der Waals surface area contributed by atoms with Crippen LogP contribution in [-0.4, -0.2) is 3.79 Å². The lowest BCUT2D eigenvalue weighted by atomic mass is 10.7. The second-order valence-corrected chi connectivity index (χ2v) is 2.96. The smallest absolute Gasteiger partial charge is 0.0911 e. The largest absolute Gasteiger partial charge is 0.215 e. The molecule has 0 fully saturated rings. The Hall–Kier alpha value is 0.610. The van der Waals surface area contributed by atoms with Gasteiger partial charge in [0.1, 0.15) is 0 Å². The first-order chi connectivity index (χ1) is 2.56. The molecular formula is C3H2Cl3. The molecule has 0 aliphatic heterocycles. The fourth-order valence-corrected chi connectivity index (χ4v) is 0. The van der Waals surface area contributed by atoms with Crippen LogP contribution >= 0.6 is 34.8 Å². The van der Waals surface area contributed by atoms with Crippen molar-refractivity contribution in [3.63, 3.8) is 0 Å². The molecule has 0 saturated carbocycles. The summed E-state index contributed by atoms with van der Waals surface area (Å²) >= 11 is 15.2. The van der Waals surface area contributed by atoms with E-state index in [4.69, 9.17) is 34.8 Å². The fourth-order valence-electron chi connectivity index (χ4n) is 0. The minimum atomic E-state index is -1.40. The summed E-state index contributed by atoms with van der Waals surface area (Å²) in [7, 11) is 0. The topological polar surface area (TPSA) is 0 Å². The molecule has 6 heavy (non-hydrogen) atoms. The summed E-state index contributed by atoms with van der Waals surface area (Å²) in [5.74, 6) is 0. The molecule has 1 radical (unpaired) electrons. The summed E-state index contributed by atoms with van der Waals surface area (Å²) < 4.78 is -1.40. The molecule has 0 aliphatic carbocycles. The highest BCUT2D eigenvalue weighted by Gasteiger charge is 2.12. The Bertz CT molecular complexity index is 51.5. The van der Waals surface area contributed by atoms with Crippen molar-refractivity contribution >= 4 is 34.8 Å². The molecule has 0 heterocycles. The summed E-state index contributed by atoms with van der Waals surface area (Å²) in [6, 6.07) is 0. The van der Waals surface area contributed by atoms with Gasteiger partial charge < -0.3 is 0 Å². The van der Waals surface area contributed by atoms with Crippen LogP contribution in [0.5, 0.6) is 0 Å². The van der Waals surface area contributed by atoms with Crippen LogP contribution in [0.2, 0.25) is 0 Å². The van der Waals surface area contributed by atoms with Crippen LogP contribution in [0.15, 0.2) is 6.58 Å². The Morgan fingerprint density at radius 1 is 1.33 bits per heavy atom. The summed E-state index contributed by atoms with van der Waals surface area (Å²) in [4.78, 5) is 0. The minimum Gasteiger partial charge on any atom is -0.0911 e. The van der Waals surface area contributed by atoms with E-state index in [9.17, 15) is 0 Å². The van der Waals surface area contributed by atoms with Crippen molar-refractivity contribution in [2.24, 2.45) is 0 Å². The summed E-state index contributed by atoms with van der Waals surface area (Å²) in [6.45, 7) is 3.11. The van der Waals surface area contributed by atoms with Gasteiger partial charge in [-0.1, -0.05) is 41.4 Å². The predicted molar refractivity (Wildman–Crippen MR) is 29.2 cm³/mol.